The van der Waals surface area contributed by atoms with Crippen LogP contribution < -0.4 is 4.90 Å². The Hall–Kier alpha value is -1.87. The van der Waals surface area contributed by atoms with Crippen LogP contribution in [0.1, 0.15) is 11.1 Å². The second kappa shape index (κ2) is 5.73. The average molecular weight is 296 g/mol. The van der Waals surface area contributed by atoms with Gasteiger partial charge in [-0.25, -0.2) is 4.39 Å². The molecule has 0 saturated carbocycles. The van der Waals surface area contributed by atoms with Crippen molar-refractivity contribution < 1.29 is 4.39 Å². The number of nitrogens with zero attached hydrogens (tertiary/aromatic N) is 2. The first-order valence-electron chi connectivity index (χ1n) is 8.11. The van der Waals surface area contributed by atoms with E-state index in [9.17, 15) is 4.39 Å². The summed E-state index contributed by atoms with van der Waals surface area (Å²) in [6.07, 6.45) is 2.33. The Bertz CT molecular complexity index is 637. The fourth-order valence-corrected chi connectivity index (χ4v) is 3.83. The molecule has 1 saturated heterocycles. The Morgan fingerprint density at radius 1 is 0.773 bits per heavy atom. The molecule has 0 atom stereocenters. The number of benzene rings is 2. The Balaban J connectivity index is 1.40. The van der Waals surface area contributed by atoms with Gasteiger partial charge in [-0.2, -0.15) is 0 Å². The average Bonchev–Trinajstić information content (AvgIpc) is 2.99. The van der Waals surface area contributed by atoms with E-state index in [1.807, 2.05) is 12.1 Å². The highest BCUT2D eigenvalue weighted by atomic mass is 19.1. The monoisotopic (exact) mass is 296 g/mol. The lowest BCUT2D eigenvalue weighted by atomic mass is 10.1. The normalized spacial score (nSPS) is 19.4. The summed E-state index contributed by atoms with van der Waals surface area (Å²) in [5.74, 6) is -0.107. The molecule has 0 N–H and O–H groups in total. The molecule has 2 aromatic rings. The highest BCUT2D eigenvalue weighted by Crippen LogP contribution is 2.27. The first kappa shape index (κ1) is 13.8. The molecule has 0 aromatic heterocycles. The van der Waals surface area contributed by atoms with Crippen LogP contribution in [0.25, 0.3) is 0 Å². The van der Waals surface area contributed by atoms with Crippen molar-refractivity contribution >= 4 is 5.69 Å². The number of hydrogen-bond acceptors (Lipinski definition) is 2. The second-order valence-electron chi connectivity index (χ2n) is 6.31. The van der Waals surface area contributed by atoms with E-state index in [4.69, 9.17) is 0 Å². The Kier molecular flexibility index (Phi) is 3.59. The maximum atomic E-state index is 13.9. The molecule has 1 fully saturated rings. The van der Waals surface area contributed by atoms with Gasteiger partial charge in [-0.3, -0.25) is 4.90 Å². The minimum Gasteiger partial charge on any atom is -0.367 e. The SMILES string of the molecule is Fc1ccccc1N1CCN(C2Cc3ccccc3C2)CC1. The zero-order valence-corrected chi connectivity index (χ0v) is 12.7. The van der Waals surface area contributed by atoms with Gasteiger partial charge in [-0.15, -0.1) is 0 Å². The molecule has 0 radical (unpaired) electrons. The molecule has 1 aliphatic carbocycles. The van der Waals surface area contributed by atoms with E-state index >= 15 is 0 Å². The minimum atomic E-state index is -0.107. The summed E-state index contributed by atoms with van der Waals surface area (Å²) in [4.78, 5) is 4.76. The van der Waals surface area contributed by atoms with Crippen LogP contribution >= 0.6 is 0 Å². The van der Waals surface area contributed by atoms with E-state index in [1.54, 1.807) is 12.1 Å². The van der Waals surface area contributed by atoms with Gasteiger partial charge in [0.2, 0.25) is 0 Å². The molecule has 2 nitrogen and oxygen atoms in total. The number of para-hydroxylation sites is 1. The smallest absolute Gasteiger partial charge is 0.146 e. The highest BCUT2D eigenvalue weighted by molar-refractivity contribution is 5.48. The third kappa shape index (κ3) is 2.50. The third-order valence-electron chi connectivity index (χ3n) is 5.05. The van der Waals surface area contributed by atoms with Gasteiger partial charge in [0.1, 0.15) is 5.82 Å². The van der Waals surface area contributed by atoms with E-state index in [-0.39, 0.29) is 5.82 Å². The van der Waals surface area contributed by atoms with E-state index in [1.165, 1.54) is 11.1 Å². The van der Waals surface area contributed by atoms with Crippen molar-refractivity contribution in [2.75, 3.05) is 31.1 Å². The van der Waals surface area contributed by atoms with Crippen molar-refractivity contribution in [1.29, 1.82) is 0 Å². The lowest BCUT2D eigenvalue weighted by Gasteiger charge is -2.39. The largest absolute Gasteiger partial charge is 0.367 e. The molecular formula is C19H21FN2. The van der Waals surface area contributed by atoms with E-state index in [0.29, 0.717) is 6.04 Å². The summed E-state index contributed by atoms with van der Waals surface area (Å²) in [7, 11) is 0. The zero-order valence-electron chi connectivity index (χ0n) is 12.7. The predicted molar refractivity (Wildman–Crippen MR) is 87.8 cm³/mol. The van der Waals surface area contributed by atoms with Gasteiger partial charge >= 0.3 is 0 Å². The standard InChI is InChI=1S/C19H21FN2/c20-18-7-3-4-8-19(18)22-11-9-21(10-12-22)17-13-15-5-1-2-6-16(15)14-17/h1-8,17H,9-14H2. The first-order valence-corrected chi connectivity index (χ1v) is 8.11. The van der Waals surface area contributed by atoms with Crippen molar-refractivity contribution in [3.8, 4) is 0 Å². The quantitative estimate of drug-likeness (QED) is 0.840. The van der Waals surface area contributed by atoms with Crippen LogP contribution in [0.3, 0.4) is 0 Å². The summed E-state index contributed by atoms with van der Waals surface area (Å²) in [6, 6.07) is 16.5. The van der Waals surface area contributed by atoms with Gasteiger partial charge in [-0.1, -0.05) is 36.4 Å². The van der Waals surface area contributed by atoms with Gasteiger partial charge in [0.15, 0.2) is 0 Å². The van der Waals surface area contributed by atoms with Crippen molar-refractivity contribution in [3.05, 3.63) is 65.5 Å². The molecule has 0 unspecified atom stereocenters. The number of hydrogen-bond donors (Lipinski definition) is 0. The van der Waals surface area contributed by atoms with Crippen molar-refractivity contribution in [3.63, 3.8) is 0 Å². The van der Waals surface area contributed by atoms with Crippen LogP contribution in [0.15, 0.2) is 48.5 Å². The van der Waals surface area contributed by atoms with E-state index < -0.39 is 0 Å². The van der Waals surface area contributed by atoms with Crippen molar-refractivity contribution in [1.82, 2.24) is 4.90 Å². The Labute approximate surface area is 131 Å². The summed E-state index contributed by atoms with van der Waals surface area (Å²) in [5.41, 5.74) is 3.75. The molecule has 1 aliphatic heterocycles. The van der Waals surface area contributed by atoms with Crippen LogP contribution in [0, 0.1) is 5.82 Å². The van der Waals surface area contributed by atoms with Crippen molar-refractivity contribution in [2.24, 2.45) is 0 Å². The molecule has 2 aromatic carbocycles. The molecule has 114 valence electrons. The Morgan fingerprint density at radius 3 is 2.00 bits per heavy atom. The minimum absolute atomic E-state index is 0.107. The lowest BCUT2D eigenvalue weighted by molar-refractivity contribution is 0.190. The molecule has 0 amide bonds. The van der Waals surface area contributed by atoms with E-state index in [0.717, 1.165) is 44.7 Å². The summed E-state index contributed by atoms with van der Waals surface area (Å²) in [6.45, 7) is 3.86. The van der Waals surface area contributed by atoms with Crippen molar-refractivity contribution in [2.45, 2.75) is 18.9 Å². The summed E-state index contributed by atoms with van der Waals surface area (Å²) >= 11 is 0. The fraction of sp³-hybridized carbons (Fsp3) is 0.368. The van der Waals surface area contributed by atoms with Gasteiger partial charge in [0.25, 0.3) is 0 Å². The fourth-order valence-electron chi connectivity index (χ4n) is 3.83. The predicted octanol–water partition coefficient (Wildman–Crippen LogP) is 3.12. The van der Waals surface area contributed by atoms with Gasteiger partial charge in [-0.05, 0) is 36.1 Å². The van der Waals surface area contributed by atoms with Gasteiger partial charge in [0, 0.05) is 32.2 Å². The van der Waals surface area contributed by atoms with Crippen LogP contribution in [0.5, 0.6) is 0 Å². The van der Waals surface area contributed by atoms with Crippen LogP contribution in [0.2, 0.25) is 0 Å². The maximum Gasteiger partial charge on any atom is 0.146 e. The molecule has 4 rings (SSSR count). The molecule has 2 aliphatic rings. The molecule has 0 spiro atoms. The molecule has 3 heteroatoms. The van der Waals surface area contributed by atoms with Crippen LogP contribution in [-0.4, -0.2) is 37.1 Å². The first-order chi connectivity index (χ1) is 10.8. The molecule has 1 heterocycles. The molecular weight excluding hydrogens is 275 g/mol. The maximum absolute atomic E-state index is 13.9. The number of rotatable bonds is 2. The van der Waals surface area contributed by atoms with Crippen LogP contribution in [0.4, 0.5) is 10.1 Å². The second-order valence-corrected chi connectivity index (χ2v) is 6.31. The molecule has 0 bridgehead atoms. The zero-order chi connectivity index (χ0) is 14.9. The van der Waals surface area contributed by atoms with Gasteiger partial charge < -0.3 is 4.90 Å². The molecule has 22 heavy (non-hydrogen) atoms. The topological polar surface area (TPSA) is 6.48 Å². The Morgan fingerprint density at radius 2 is 1.36 bits per heavy atom. The number of fused-ring (bicyclic) bond motifs is 1. The van der Waals surface area contributed by atoms with E-state index in [2.05, 4.69) is 34.1 Å². The van der Waals surface area contributed by atoms with Gasteiger partial charge in [0.05, 0.1) is 5.69 Å². The number of anilines is 1. The summed E-state index contributed by atoms with van der Waals surface area (Å²) in [5, 5.41) is 0. The highest BCUT2D eigenvalue weighted by Gasteiger charge is 2.29. The number of piperazine rings is 1. The lowest BCUT2D eigenvalue weighted by Crippen LogP contribution is -2.50. The summed E-state index contributed by atoms with van der Waals surface area (Å²) < 4.78 is 13.9. The third-order valence-corrected chi connectivity index (χ3v) is 5.05. The van der Waals surface area contributed by atoms with Crippen LogP contribution in [-0.2, 0) is 12.8 Å². The number of halogens is 1.